The lowest BCUT2D eigenvalue weighted by Crippen LogP contribution is -2.22. The van der Waals surface area contributed by atoms with E-state index < -0.39 is 0 Å². The fourth-order valence-electron chi connectivity index (χ4n) is 3.01. The van der Waals surface area contributed by atoms with Crippen LogP contribution in [0.1, 0.15) is 42.0 Å². The zero-order valence-electron chi connectivity index (χ0n) is 11.6. The highest BCUT2D eigenvalue weighted by Crippen LogP contribution is 2.43. The van der Waals surface area contributed by atoms with Crippen molar-refractivity contribution in [3.8, 4) is 0 Å². The maximum absolute atomic E-state index is 4.21. The Bertz CT molecular complexity index is 555. The van der Waals surface area contributed by atoms with Crippen LogP contribution in [0.2, 0.25) is 0 Å². The van der Waals surface area contributed by atoms with E-state index in [0.29, 0.717) is 5.92 Å². The number of benzene rings is 1. The summed E-state index contributed by atoms with van der Waals surface area (Å²) in [6, 6.07) is 8.76. The molecule has 2 aromatic rings. The Hall–Kier alpha value is -1.77. The Labute approximate surface area is 114 Å². The summed E-state index contributed by atoms with van der Waals surface area (Å²) in [7, 11) is 1.97. The van der Waals surface area contributed by atoms with Crippen molar-refractivity contribution in [1.82, 2.24) is 10.2 Å². The van der Waals surface area contributed by atoms with Crippen molar-refractivity contribution in [3.05, 3.63) is 47.3 Å². The highest BCUT2D eigenvalue weighted by molar-refractivity contribution is 5.48. The summed E-state index contributed by atoms with van der Waals surface area (Å²) >= 11 is 0. The van der Waals surface area contributed by atoms with E-state index in [9.17, 15) is 0 Å². The highest BCUT2D eigenvalue weighted by atomic mass is 15.1. The molecule has 0 amide bonds. The number of aryl methyl sites for hydroxylation is 1. The Morgan fingerprint density at radius 2 is 2.21 bits per heavy atom. The quantitative estimate of drug-likeness (QED) is 0.874. The Kier molecular flexibility index (Phi) is 3.28. The molecule has 0 saturated heterocycles. The average Bonchev–Trinajstić information content (AvgIpc) is 2.79. The van der Waals surface area contributed by atoms with Crippen LogP contribution >= 0.6 is 0 Å². The number of aromatic amines is 1. The lowest BCUT2D eigenvalue weighted by molar-refractivity contribution is 0.280. The van der Waals surface area contributed by atoms with Crippen molar-refractivity contribution < 1.29 is 0 Å². The van der Waals surface area contributed by atoms with E-state index in [1.54, 1.807) is 0 Å². The molecule has 1 aliphatic rings. The van der Waals surface area contributed by atoms with E-state index in [1.165, 1.54) is 41.8 Å². The molecule has 0 bridgehead atoms. The van der Waals surface area contributed by atoms with Crippen LogP contribution < -0.4 is 5.32 Å². The van der Waals surface area contributed by atoms with Gasteiger partial charge in [-0.05, 0) is 48.9 Å². The van der Waals surface area contributed by atoms with Gasteiger partial charge in [0.2, 0.25) is 0 Å². The second-order valence-electron chi connectivity index (χ2n) is 5.51. The van der Waals surface area contributed by atoms with Gasteiger partial charge in [-0.2, -0.15) is 5.10 Å². The van der Waals surface area contributed by atoms with Crippen molar-refractivity contribution in [2.45, 2.75) is 32.1 Å². The molecule has 3 rings (SSSR count). The smallest absolute Gasteiger partial charge is 0.0519 e. The highest BCUT2D eigenvalue weighted by Gasteiger charge is 2.31. The summed E-state index contributed by atoms with van der Waals surface area (Å²) in [4.78, 5) is 0. The molecule has 1 aromatic carbocycles. The van der Waals surface area contributed by atoms with E-state index in [1.807, 2.05) is 13.2 Å². The van der Waals surface area contributed by atoms with Gasteiger partial charge in [0.1, 0.15) is 0 Å². The van der Waals surface area contributed by atoms with Crippen molar-refractivity contribution in [3.63, 3.8) is 0 Å². The minimum absolute atomic E-state index is 0.463. The van der Waals surface area contributed by atoms with Gasteiger partial charge in [-0.25, -0.2) is 0 Å². The number of hydrogen-bond donors (Lipinski definition) is 2. The van der Waals surface area contributed by atoms with Crippen LogP contribution in [0.5, 0.6) is 0 Å². The van der Waals surface area contributed by atoms with Crippen LogP contribution in [0.15, 0.2) is 30.5 Å². The molecular weight excluding hydrogens is 234 g/mol. The molecule has 1 saturated carbocycles. The predicted octanol–water partition coefficient (Wildman–Crippen LogP) is 3.69. The fraction of sp³-hybridized carbons (Fsp3) is 0.438. The van der Waals surface area contributed by atoms with Crippen LogP contribution in [0.25, 0.3) is 0 Å². The largest absolute Gasteiger partial charge is 0.388 e. The van der Waals surface area contributed by atoms with Gasteiger partial charge >= 0.3 is 0 Å². The summed E-state index contributed by atoms with van der Waals surface area (Å²) in [5.41, 5.74) is 5.13. The number of nitrogens with one attached hydrogen (secondary N) is 2. The summed E-state index contributed by atoms with van der Waals surface area (Å²) in [5.74, 6) is 1.22. The molecule has 0 aliphatic heterocycles. The van der Waals surface area contributed by atoms with E-state index in [4.69, 9.17) is 0 Å². The first-order valence-electron chi connectivity index (χ1n) is 7.07. The second-order valence-corrected chi connectivity index (χ2v) is 5.51. The maximum atomic E-state index is 4.21. The Morgan fingerprint density at radius 3 is 2.79 bits per heavy atom. The van der Waals surface area contributed by atoms with Crippen molar-refractivity contribution in [2.24, 2.45) is 5.92 Å². The molecule has 0 radical (unpaired) electrons. The third-order valence-corrected chi connectivity index (χ3v) is 4.33. The van der Waals surface area contributed by atoms with Crippen LogP contribution in [-0.4, -0.2) is 17.2 Å². The van der Waals surface area contributed by atoms with Gasteiger partial charge in [0.05, 0.1) is 6.20 Å². The first kappa shape index (κ1) is 12.3. The van der Waals surface area contributed by atoms with Crippen LogP contribution in [-0.2, 0) is 0 Å². The Balaban J connectivity index is 2.01. The normalized spacial score (nSPS) is 16.9. The summed E-state index contributed by atoms with van der Waals surface area (Å²) in [6.07, 6.45) is 5.95. The monoisotopic (exact) mass is 255 g/mol. The number of aromatic nitrogens is 2. The van der Waals surface area contributed by atoms with E-state index in [2.05, 4.69) is 46.7 Å². The standard InChI is InChI=1S/C16H21N3/c1-11-10-18-19-16(11)15(12-5-3-6-12)13-7-4-8-14(9-13)17-2/h4,7-10,12,15,17H,3,5-6H2,1-2H3,(H,18,19). The summed E-state index contributed by atoms with van der Waals surface area (Å²) in [6.45, 7) is 2.15. The molecule has 1 atom stereocenters. The van der Waals surface area contributed by atoms with Crippen molar-refractivity contribution in [2.75, 3.05) is 12.4 Å². The van der Waals surface area contributed by atoms with Crippen LogP contribution in [0.3, 0.4) is 0 Å². The van der Waals surface area contributed by atoms with Gasteiger partial charge in [-0.3, -0.25) is 5.10 Å². The molecule has 1 heterocycles. The topological polar surface area (TPSA) is 40.7 Å². The molecule has 2 N–H and O–H groups in total. The second kappa shape index (κ2) is 5.08. The van der Waals surface area contributed by atoms with Crippen LogP contribution in [0, 0.1) is 12.8 Å². The van der Waals surface area contributed by atoms with E-state index in [-0.39, 0.29) is 0 Å². The van der Waals surface area contributed by atoms with Crippen molar-refractivity contribution >= 4 is 5.69 Å². The molecule has 1 aromatic heterocycles. The van der Waals surface area contributed by atoms with Gasteiger partial charge < -0.3 is 5.32 Å². The number of anilines is 1. The molecule has 1 aliphatic carbocycles. The van der Waals surface area contributed by atoms with E-state index >= 15 is 0 Å². The molecule has 0 spiro atoms. The zero-order chi connectivity index (χ0) is 13.2. The van der Waals surface area contributed by atoms with Gasteiger partial charge in [0.15, 0.2) is 0 Å². The maximum Gasteiger partial charge on any atom is 0.0519 e. The molecule has 19 heavy (non-hydrogen) atoms. The van der Waals surface area contributed by atoms with Crippen molar-refractivity contribution in [1.29, 1.82) is 0 Å². The molecule has 3 nitrogen and oxygen atoms in total. The molecular formula is C16H21N3. The third kappa shape index (κ3) is 2.25. The first-order valence-corrected chi connectivity index (χ1v) is 7.07. The number of nitrogens with zero attached hydrogens (tertiary/aromatic N) is 1. The summed E-state index contributed by atoms with van der Waals surface area (Å²) in [5, 5.41) is 10.7. The molecule has 1 unspecified atom stereocenters. The molecule has 3 heteroatoms. The minimum Gasteiger partial charge on any atom is -0.388 e. The SMILES string of the molecule is CNc1cccc(C(c2[nH]ncc2C)C2CCC2)c1. The average molecular weight is 255 g/mol. The van der Waals surface area contributed by atoms with Crippen LogP contribution in [0.4, 0.5) is 5.69 Å². The van der Waals surface area contributed by atoms with Gasteiger partial charge in [-0.15, -0.1) is 0 Å². The summed E-state index contributed by atoms with van der Waals surface area (Å²) < 4.78 is 0. The Morgan fingerprint density at radius 1 is 1.37 bits per heavy atom. The zero-order valence-corrected chi connectivity index (χ0v) is 11.6. The number of H-pyrrole nitrogens is 1. The van der Waals surface area contributed by atoms with E-state index in [0.717, 1.165) is 5.92 Å². The van der Waals surface area contributed by atoms with Gasteiger partial charge in [-0.1, -0.05) is 18.6 Å². The third-order valence-electron chi connectivity index (χ3n) is 4.33. The lowest BCUT2D eigenvalue weighted by Gasteiger charge is -2.34. The fourth-order valence-corrected chi connectivity index (χ4v) is 3.01. The predicted molar refractivity (Wildman–Crippen MR) is 78.5 cm³/mol. The van der Waals surface area contributed by atoms with Gasteiger partial charge in [0.25, 0.3) is 0 Å². The number of rotatable bonds is 4. The van der Waals surface area contributed by atoms with Gasteiger partial charge in [0, 0.05) is 24.3 Å². The molecule has 1 fully saturated rings. The first-order chi connectivity index (χ1) is 9.29. The minimum atomic E-state index is 0.463. The molecule has 100 valence electrons. The lowest BCUT2D eigenvalue weighted by atomic mass is 9.71. The number of hydrogen-bond acceptors (Lipinski definition) is 2.